The van der Waals surface area contributed by atoms with E-state index in [1.165, 1.54) is 5.56 Å². The number of nitrogens with one attached hydrogen (secondary N) is 2. The maximum Gasteiger partial charge on any atom is 0.426 e. The molecule has 0 aliphatic heterocycles. The van der Waals surface area contributed by atoms with E-state index in [9.17, 15) is 9.59 Å². The number of hydrogen-bond acceptors (Lipinski definition) is 3. The van der Waals surface area contributed by atoms with E-state index in [4.69, 9.17) is 0 Å². The average molecular weight is 250 g/mol. The summed E-state index contributed by atoms with van der Waals surface area (Å²) < 4.78 is 4.60. The van der Waals surface area contributed by atoms with Gasteiger partial charge in [-0.2, -0.15) is 0 Å². The van der Waals surface area contributed by atoms with E-state index in [0.717, 1.165) is 5.56 Å². The molecule has 1 aromatic rings. The molecule has 0 aromatic heterocycles. The van der Waals surface area contributed by atoms with Crippen molar-refractivity contribution >= 4 is 12.0 Å². The van der Waals surface area contributed by atoms with E-state index in [2.05, 4.69) is 15.6 Å². The average Bonchev–Trinajstić information content (AvgIpc) is 2.36. The number of benzene rings is 1. The Bertz CT molecular complexity index is 401. The molecule has 0 radical (unpaired) electrons. The Morgan fingerprint density at radius 2 is 1.83 bits per heavy atom. The summed E-state index contributed by atoms with van der Waals surface area (Å²) in [5.74, 6) is -0.247. The first-order valence-electron chi connectivity index (χ1n) is 5.89. The fourth-order valence-corrected chi connectivity index (χ4v) is 1.36. The second kappa shape index (κ2) is 7.32. The predicted octanol–water partition coefficient (Wildman–Crippen LogP) is 1.70. The highest BCUT2D eigenvalue weighted by molar-refractivity contribution is 5.79. The third kappa shape index (κ3) is 5.34. The number of hydrazine groups is 1. The molecule has 5 nitrogen and oxygen atoms in total. The summed E-state index contributed by atoms with van der Waals surface area (Å²) in [6.07, 6.45) is 0.299. The summed E-state index contributed by atoms with van der Waals surface area (Å²) in [6.45, 7) is 3.98. The van der Waals surface area contributed by atoms with Gasteiger partial charge in [-0.1, -0.05) is 29.8 Å². The Labute approximate surface area is 106 Å². The number of aryl methyl sites for hydroxylation is 2. The number of ether oxygens (including phenoxy) is 1. The topological polar surface area (TPSA) is 67.4 Å². The summed E-state index contributed by atoms with van der Waals surface area (Å²) in [4.78, 5) is 22.3. The van der Waals surface area contributed by atoms with E-state index in [1.54, 1.807) is 6.92 Å². The first-order chi connectivity index (χ1) is 8.61. The zero-order chi connectivity index (χ0) is 13.4. The molecule has 2 amide bonds. The number of rotatable bonds is 4. The van der Waals surface area contributed by atoms with Crippen LogP contribution in [-0.4, -0.2) is 18.6 Å². The maximum absolute atomic E-state index is 11.4. The lowest BCUT2D eigenvalue weighted by molar-refractivity contribution is -0.121. The smallest absolute Gasteiger partial charge is 0.426 e. The first kappa shape index (κ1) is 14.0. The molecule has 0 unspecified atom stereocenters. The molecule has 0 saturated carbocycles. The van der Waals surface area contributed by atoms with Crippen molar-refractivity contribution in [3.05, 3.63) is 35.4 Å². The van der Waals surface area contributed by atoms with Crippen LogP contribution in [0.1, 0.15) is 24.5 Å². The van der Waals surface area contributed by atoms with Crippen molar-refractivity contribution in [2.24, 2.45) is 0 Å². The second-order valence-corrected chi connectivity index (χ2v) is 3.88. The molecular weight excluding hydrogens is 232 g/mol. The van der Waals surface area contributed by atoms with Crippen LogP contribution >= 0.6 is 0 Å². The van der Waals surface area contributed by atoms with Crippen LogP contribution < -0.4 is 10.9 Å². The van der Waals surface area contributed by atoms with Gasteiger partial charge in [0, 0.05) is 6.42 Å². The van der Waals surface area contributed by atoms with Gasteiger partial charge in [0.15, 0.2) is 0 Å². The highest BCUT2D eigenvalue weighted by Gasteiger charge is 2.04. The minimum Gasteiger partial charge on any atom is -0.449 e. The molecule has 0 aliphatic carbocycles. The molecule has 0 spiro atoms. The van der Waals surface area contributed by atoms with E-state index < -0.39 is 6.09 Å². The standard InChI is InChI=1S/C13H18N2O3/c1-3-18-13(17)15-14-12(16)9-8-11-6-4-10(2)5-7-11/h4-7H,3,8-9H2,1-2H3,(H,14,16)(H,15,17). The van der Waals surface area contributed by atoms with Gasteiger partial charge < -0.3 is 4.74 Å². The molecule has 18 heavy (non-hydrogen) atoms. The van der Waals surface area contributed by atoms with Crippen LogP contribution in [0, 0.1) is 6.92 Å². The number of carbonyl (C=O) groups excluding carboxylic acids is 2. The number of carbonyl (C=O) groups is 2. The fourth-order valence-electron chi connectivity index (χ4n) is 1.36. The fraction of sp³-hybridized carbons (Fsp3) is 0.385. The Balaban J connectivity index is 2.24. The van der Waals surface area contributed by atoms with Crippen molar-refractivity contribution in [1.82, 2.24) is 10.9 Å². The van der Waals surface area contributed by atoms with Crippen molar-refractivity contribution in [3.63, 3.8) is 0 Å². The number of hydrogen-bond donors (Lipinski definition) is 2. The molecule has 0 bridgehead atoms. The molecule has 1 rings (SSSR count). The van der Waals surface area contributed by atoms with Crippen molar-refractivity contribution in [2.75, 3.05) is 6.61 Å². The lowest BCUT2D eigenvalue weighted by atomic mass is 10.1. The van der Waals surface area contributed by atoms with Gasteiger partial charge >= 0.3 is 6.09 Å². The van der Waals surface area contributed by atoms with Gasteiger partial charge in [-0.3, -0.25) is 10.2 Å². The Hall–Kier alpha value is -2.04. The van der Waals surface area contributed by atoms with Gasteiger partial charge in [0.2, 0.25) is 5.91 Å². The molecule has 0 aliphatic rings. The monoisotopic (exact) mass is 250 g/mol. The van der Waals surface area contributed by atoms with Gasteiger partial charge in [0.05, 0.1) is 6.61 Å². The normalized spacial score (nSPS) is 9.67. The zero-order valence-corrected chi connectivity index (χ0v) is 10.7. The van der Waals surface area contributed by atoms with Gasteiger partial charge in [-0.15, -0.1) is 0 Å². The Morgan fingerprint density at radius 1 is 1.17 bits per heavy atom. The third-order valence-corrected chi connectivity index (χ3v) is 2.34. The van der Waals surface area contributed by atoms with Gasteiger partial charge in [-0.05, 0) is 25.8 Å². The Morgan fingerprint density at radius 3 is 2.44 bits per heavy atom. The molecule has 0 fully saturated rings. The summed E-state index contributed by atoms with van der Waals surface area (Å²) in [5.41, 5.74) is 6.73. The van der Waals surface area contributed by atoms with Crippen LogP contribution in [-0.2, 0) is 16.0 Å². The van der Waals surface area contributed by atoms with Crippen molar-refractivity contribution < 1.29 is 14.3 Å². The van der Waals surface area contributed by atoms with E-state index >= 15 is 0 Å². The molecule has 2 N–H and O–H groups in total. The molecule has 0 saturated heterocycles. The van der Waals surface area contributed by atoms with E-state index in [1.807, 2.05) is 31.2 Å². The molecule has 0 atom stereocenters. The predicted molar refractivity (Wildman–Crippen MR) is 67.8 cm³/mol. The number of amides is 2. The quantitative estimate of drug-likeness (QED) is 0.799. The summed E-state index contributed by atoms with van der Waals surface area (Å²) in [5, 5.41) is 0. The van der Waals surface area contributed by atoms with Crippen LogP contribution in [0.2, 0.25) is 0 Å². The lowest BCUT2D eigenvalue weighted by Gasteiger charge is -2.07. The summed E-state index contributed by atoms with van der Waals surface area (Å²) in [6, 6.07) is 7.98. The van der Waals surface area contributed by atoms with E-state index in [-0.39, 0.29) is 12.5 Å². The van der Waals surface area contributed by atoms with Crippen molar-refractivity contribution in [3.8, 4) is 0 Å². The SMILES string of the molecule is CCOC(=O)NNC(=O)CCc1ccc(C)cc1. The highest BCUT2D eigenvalue weighted by atomic mass is 16.5. The van der Waals surface area contributed by atoms with Crippen LogP contribution in [0.5, 0.6) is 0 Å². The highest BCUT2D eigenvalue weighted by Crippen LogP contribution is 2.05. The van der Waals surface area contributed by atoms with Crippen LogP contribution in [0.3, 0.4) is 0 Å². The second-order valence-electron chi connectivity index (χ2n) is 3.88. The molecule has 1 aromatic carbocycles. The zero-order valence-electron chi connectivity index (χ0n) is 10.7. The summed E-state index contributed by atoms with van der Waals surface area (Å²) in [7, 11) is 0. The largest absolute Gasteiger partial charge is 0.449 e. The summed E-state index contributed by atoms with van der Waals surface area (Å²) >= 11 is 0. The molecule has 98 valence electrons. The molecular formula is C13H18N2O3. The molecule has 5 heteroatoms. The minimum absolute atomic E-state index is 0.247. The van der Waals surface area contributed by atoms with Gasteiger partial charge in [0.1, 0.15) is 0 Å². The maximum atomic E-state index is 11.4. The van der Waals surface area contributed by atoms with Crippen molar-refractivity contribution in [2.45, 2.75) is 26.7 Å². The minimum atomic E-state index is -0.652. The van der Waals surface area contributed by atoms with Crippen LogP contribution in [0.4, 0.5) is 4.79 Å². The van der Waals surface area contributed by atoms with E-state index in [0.29, 0.717) is 12.8 Å². The van der Waals surface area contributed by atoms with Crippen LogP contribution in [0.15, 0.2) is 24.3 Å². The Kier molecular flexibility index (Phi) is 5.70. The lowest BCUT2D eigenvalue weighted by Crippen LogP contribution is -2.42. The first-order valence-corrected chi connectivity index (χ1v) is 5.89. The van der Waals surface area contributed by atoms with Crippen molar-refractivity contribution in [1.29, 1.82) is 0 Å². The van der Waals surface area contributed by atoms with Crippen LogP contribution in [0.25, 0.3) is 0 Å². The van der Waals surface area contributed by atoms with Gasteiger partial charge in [-0.25, -0.2) is 10.2 Å². The third-order valence-electron chi connectivity index (χ3n) is 2.34. The van der Waals surface area contributed by atoms with Gasteiger partial charge in [0.25, 0.3) is 0 Å². The molecule has 0 heterocycles.